The van der Waals surface area contributed by atoms with Gasteiger partial charge in [0.2, 0.25) is 5.71 Å². The van der Waals surface area contributed by atoms with Gasteiger partial charge in [-0.1, -0.05) is 35.5 Å². The highest BCUT2D eigenvalue weighted by Gasteiger charge is 2.31. The monoisotopic (exact) mass is 317 g/mol. The number of hydrogen-bond acceptors (Lipinski definition) is 6. The Kier molecular flexibility index (Phi) is 6.02. The molecule has 2 rings (SSSR count). The molecule has 1 saturated carbocycles. The Balaban J connectivity index is 2.00. The van der Waals surface area contributed by atoms with E-state index in [0.29, 0.717) is 12.8 Å². The first-order chi connectivity index (χ1) is 11.1. The van der Waals surface area contributed by atoms with Gasteiger partial charge >= 0.3 is 5.97 Å². The topological polar surface area (TPSA) is 82.0 Å². The number of nitrogens with zero attached hydrogens (tertiary/aromatic N) is 1. The fourth-order valence-corrected chi connectivity index (χ4v) is 2.47. The van der Waals surface area contributed by atoms with E-state index < -0.39 is 17.5 Å². The van der Waals surface area contributed by atoms with Crippen LogP contribution in [0.3, 0.4) is 0 Å². The molecule has 1 atom stereocenters. The van der Waals surface area contributed by atoms with E-state index in [-0.39, 0.29) is 24.7 Å². The Bertz CT molecular complexity index is 609. The van der Waals surface area contributed by atoms with E-state index in [1.807, 2.05) is 30.3 Å². The molecule has 0 saturated heterocycles. The second-order valence-electron chi connectivity index (χ2n) is 5.37. The summed E-state index contributed by atoms with van der Waals surface area (Å²) >= 11 is 0. The number of carbonyl (C=O) groups excluding carboxylic acids is 3. The van der Waals surface area contributed by atoms with E-state index in [4.69, 9.17) is 4.84 Å². The minimum absolute atomic E-state index is 0.0263. The van der Waals surface area contributed by atoms with E-state index in [2.05, 4.69) is 9.89 Å². The minimum atomic E-state index is -0.853. The largest absolute Gasteiger partial charge is 0.464 e. The lowest BCUT2D eigenvalue weighted by Crippen LogP contribution is -2.28. The third kappa shape index (κ3) is 4.74. The molecule has 1 unspecified atom stereocenters. The molecule has 0 spiro atoms. The average molecular weight is 317 g/mol. The Morgan fingerprint density at radius 1 is 1.26 bits per heavy atom. The maximum Gasteiger partial charge on any atom is 0.363 e. The summed E-state index contributed by atoms with van der Waals surface area (Å²) in [6.45, 7) is 0.136. The number of carbonyl (C=O) groups is 3. The van der Waals surface area contributed by atoms with Gasteiger partial charge in [0.15, 0.2) is 5.78 Å². The van der Waals surface area contributed by atoms with Gasteiger partial charge in [0.1, 0.15) is 12.4 Å². The highest BCUT2D eigenvalue weighted by Crippen LogP contribution is 2.24. The van der Waals surface area contributed by atoms with Gasteiger partial charge in [-0.15, -0.1) is 0 Å². The Morgan fingerprint density at radius 3 is 2.61 bits per heavy atom. The molecule has 1 aromatic rings. The molecule has 0 amide bonds. The standard InChI is InChI=1S/C17H19NO5/c1-22-17(21)16(15(20)10-13-8-5-9-14(13)19)18-23-11-12-6-3-2-4-7-12/h2-4,6-7,13H,5,8-11H2,1H3/b18-16+. The molecule has 0 aromatic heterocycles. The molecule has 1 aliphatic carbocycles. The van der Waals surface area contributed by atoms with Gasteiger partial charge in [-0.3, -0.25) is 9.59 Å². The number of esters is 1. The van der Waals surface area contributed by atoms with Crippen LogP contribution in [0.2, 0.25) is 0 Å². The molecule has 0 radical (unpaired) electrons. The third-order valence-electron chi connectivity index (χ3n) is 3.74. The van der Waals surface area contributed by atoms with E-state index in [9.17, 15) is 14.4 Å². The molecule has 0 aliphatic heterocycles. The zero-order chi connectivity index (χ0) is 16.7. The van der Waals surface area contributed by atoms with Gasteiger partial charge in [-0.2, -0.15) is 0 Å². The van der Waals surface area contributed by atoms with Gasteiger partial charge in [-0.05, 0) is 18.4 Å². The molecular formula is C17H19NO5. The van der Waals surface area contributed by atoms with Crippen LogP contribution in [-0.4, -0.2) is 30.4 Å². The van der Waals surface area contributed by atoms with Crippen molar-refractivity contribution in [2.45, 2.75) is 32.3 Å². The first kappa shape index (κ1) is 16.9. The fourth-order valence-electron chi connectivity index (χ4n) is 2.47. The van der Waals surface area contributed by atoms with E-state index in [1.54, 1.807) is 0 Å². The van der Waals surface area contributed by atoms with E-state index in [0.717, 1.165) is 12.0 Å². The van der Waals surface area contributed by atoms with Crippen molar-refractivity contribution in [2.75, 3.05) is 7.11 Å². The number of methoxy groups -OCH3 is 1. The Labute approximate surface area is 134 Å². The lowest BCUT2D eigenvalue weighted by Gasteiger charge is -2.08. The van der Waals surface area contributed by atoms with Crippen molar-refractivity contribution in [3.63, 3.8) is 0 Å². The highest BCUT2D eigenvalue weighted by atomic mass is 16.6. The summed E-state index contributed by atoms with van der Waals surface area (Å²) in [6, 6.07) is 9.24. The Morgan fingerprint density at radius 2 is 2.00 bits per heavy atom. The maximum absolute atomic E-state index is 12.2. The zero-order valence-electron chi connectivity index (χ0n) is 13.0. The number of hydrogen-bond donors (Lipinski definition) is 0. The number of rotatable bonds is 7. The van der Waals surface area contributed by atoms with E-state index in [1.165, 1.54) is 7.11 Å². The molecule has 1 fully saturated rings. The number of ether oxygens (including phenoxy) is 1. The second kappa shape index (κ2) is 8.22. The fraction of sp³-hybridized carbons (Fsp3) is 0.412. The molecule has 0 bridgehead atoms. The van der Waals surface area contributed by atoms with Crippen molar-refractivity contribution in [1.29, 1.82) is 0 Å². The summed E-state index contributed by atoms with van der Waals surface area (Å²) in [6.07, 6.45) is 1.92. The summed E-state index contributed by atoms with van der Waals surface area (Å²) < 4.78 is 4.57. The molecule has 0 N–H and O–H groups in total. The van der Waals surface area contributed by atoms with E-state index >= 15 is 0 Å². The summed E-state index contributed by atoms with van der Waals surface area (Å²) in [4.78, 5) is 40.7. The molecule has 23 heavy (non-hydrogen) atoms. The quantitative estimate of drug-likeness (QED) is 0.333. The molecule has 122 valence electrons. The zero-order valence-corrected chi connectivity index (χ0v) is 13.0. The van der Waals surface area contributed by atoms with Gasteiger partial charge in [-0.25, -0.2) is 4.79 Å². The smallest absolute Gasteiger partial charge is 0.363 e. The molecular weight excluding hydrogens is 298 g/mol. The second-order valence-corrected chi connectivity index (χ2v) is 5.37. The average Bonchev–Trinajstić information content (AvgIpc) is 2.96. The first-order valence-corrected chi connectivity index (χ1v) is 7.50. The van der Waals surface area contributed by atoms with Crippen LogP contribution in [0.25, 0.3) is 0 Å². The third-order valence-corrected chi connectivity index (χ3v) is 3.74. The predicted molar refractivity (Wildman–Crippen MR) is 82.7 cm³/mol. The van der Waals surface area contributed by atoms with Crippen molar-refractivity contribution in [2.24, 2.45) is 11.1 Å². The van der Waals surface area contributed by atoms with Gasteiger partial charge in [0.25, 0.3) is 0 Å². The van der Waals surface area contributed by atoms with Gasteiger partial charge < -0.3 is 9.57 Å². The van der Waals surface area contributed by atoms with Crippen LogP contribution in [0.15, 0.2) is 35.5 Å². The molecule has 6 heteroatoms. The lowest BCUT2D eigenvalue weighted by atomic mass is 9.98. The van der Waals surface area contributed by atoms with Gasteiger partial charge in [0, 0.05) is 18.8 Å². The number of oxime groups is 1. The summed E-state index contributed by atoms with van der Waals surface area (Å²) in [5.41, 5.74) is 0.460. The van der Waals surface area contributed by atoms with Crippen molar-refractivity contribution in [3.05, 3.63) is 35.9 Å². The summed E-state index contributed by atoms with van der Waals surface area (Å²) in [7, 11) is 1.17. The Hall–Kier alpha value is -2.50. The predicted octanol–water partition coefficient (Wildman–Crippen LogP) is 2.06. The van der Waals surface area contributed by atoms with Gasteiger partial charge in [0.05, 0.1) is 7.11 Å². The first-order valence-electron chi connectivity index (χ1n) is 7.50. The van der Waals surface area contributed by atoms with Crippen LogP contribution >= 0.6 is 0 Å². The summed E-state index contributed by atoms with van der Waals surface area (Å²) in [5.74, 6) is -1.64. The van der Waals surface area contributed by atoms with Crippen molar-refractivity contribution in [3.8, 4) is 0 Å². The van der Waals surface area contributed by atoms with Crippen LogP contribution in [-0.2, 0) is 30.6 Å². The van der Waals surface area contributed by atoms with Crippen LogP contribution < -0.4 is 0 Å². The van der Waals surface area contributed by atoms with Crippen LogP contribution in [0, 0.1) is 5.92 Å². The normalized spacial score (nSPS) is 17.9. The lowest BCUT2D eigenvalue weighted by molar-refractivity contribution is -0.134. The van der Waals surface area contributed by atoms with Crippen molar-refractivity contribution < 1.29 is 24.0 Å². The minimum Gasteiger partial charge on any atom is -0.464 e. The molecule has 1 aliphatic rings. The van der Waals surface area contributed by atoms with Crippen molar-refractivity contribution in [1.82, 2.24) is 0 Å². The van der Waals surface area contributed by atoms with Crippen LogP contribution in [0.4, 0.5) is 0 Å². The van der Waals surface area contributed by atoms with Crippen molar-refractivity contribution >= 4 is 23.2 Å². The highest BCUT2D eigenvalue weighted by molar-refractivity contribution is 6.64. The number of benzene rings is 1. The molecule has 0 heterocycles. The molecule has 1 aromatic carbocycles. The van der Waals surface area contributed by atoms with Crippen LogP contribution in [0.5, 0.6) is 0 Å². The number of ketones is 2. The number of Topliss-reactive ketones (excluding diaryl/α,β-unsaturated/α-hetero) is 2. The SMILES string of the molecule is COC(=O)/C(=N/OCc1ccccc1)C(=O)CC1CCCC1=O. The molecule has 6 nitrogen and oxygen atoms in total. The van der Waals surface area contributed by atoms with Crippen LogP contribution in [0.1, 0.15) is 31.2 Å². The maximum atomic E-state index is 12.2. The summed E-state index contributed by atoms with van der Waals surface area (Å²) in [5, 5.41) is 3.64.